The number of piperidine rings is 1. The Morgan fingerprint density at radius 3 is 2.20 bits per heavy atom. The molecule has 3 aromatic carbocycles. The number of nitrogens with zero attached hydrogens (tertiary/aromatic N) is 10. The highest BCUT2D eigenvalue weighted by Crippen LogP contribution is 2.41. The van der Waals surface area contributed by atoms with Crippen LogP contribution in [0.4, 0.5) is 14.9 Å². The molecule has 6 aromatic rings. The minimum Gasteiger partial charge on any atom is -0.444 e. The number of amides is 5. The van der Waals surface area contributed by atoms with Gasteiger partial charge in [-0.05, 0) is 105 Å². The van der Waals surface area contributed by atoms with Crippen LogP contribution in [-0.4, -0.2) is 175 Å². The Bertz CT molecular complexity index is 3270. The standard InChI is InChI=1S/C59H67FN12O7/c1-59(2,3)79-58(78)72(35-45-15-18-61-38-63-45)36-52(73)64-51-32-44(43-8-6-7-42(31-43)41-12-13-41)33-62-54(51)57(77)70-19-16-39(17-20-70)34-67-21-23-68(24-22-67)37-53(74)69-25-27-71(28-26-69)56(76)48-29-40(11-14-49(48)60)30-50-46-9-4-5-10-47(46)55(75)66-65-50/h4-11,14-15,18,29,31-33,38-39,41H,12-13,16-17,19-28,30,34-37H2,1-3H3,(H,64,73)(H,66,75). The molecule has 5 amide bonds. The van der Waals surface area contributed by atoms with Crippen molar-refractivity contribution in [2.24, 2.45) is 5.92 Å². The molecule has 3 saturated heterocycles. The molecule has 79 heavy (non-hydrogen) atoms. The van der Waals surface area contributed by atoms with Crippen molar-refractivity contribution in [2.45, 2.75) is 70.9 Å². The Morgan fingerprint density at radius 1 is 0.759 bits per heavy atom. The number of H-pyrrole nitrogens is 1. The third-order valence-electron chi connectivity index (χ3n) is 15.2. The minimum absolute atomic E-state index is 0.00147. The third kappa shape index (κ3) is 13.7. The Morgan fingerprint density at radius 2 is 1.48 bits per heavy atom. The first-order valence-corrected chi connectivity index (χ1v) is 27.3. The number of ether oxygens (including phenoxy) is 1. The lowest BCUT2D eigenvalue weighted by Crippen LogP contribution is -2.55. The van der Waals surface area contributed by atoms with Crippen LogP contribution in [0.15, 0.2) is 102 Å². The van der Waals surface area contributed by atoms with E-state index in [0.29, 0.717) is 72.2 Å². The van der Waals surface area contributed by atoms with Gasteiger partial charge in [0, 0.05) is 102 Å². The molecule has 4 fully saturated rings. The molecule has 3 aliphatic heterocycles. The molecule has 0 bridgehead atoms. The van der Waals surface area contributed by atoms with Gasteiger partial charge < -0.3 is 29.7 Å². The smallest absolute Gasteiger partial charge is 0.411 e. The number of aromatic nitrogens is 5. The van der Waals surface area contributed by atoms with E-state index in [4.69, 9.17) is 9.72 Å². The molecule has 6 heterocycles. The Hall–Kier alpha value is -7.97. The van der Waals surface area contributed by atoms with Crippen LogP contribution in [0.2, 0.25) is 0 Å². The summed E-state index contributed by atoms with van der Waals surface area (Å²) < 4.78 is 20.8. The second-order valence-corrected chi connectivity index (χ2v) is 22.1. The normalized spacial score (nSPS) is 16.7. The molecule has 20 heteroatoms. The number of anilines is 1. The zero-order valence-electron chi connectivity index (χ0n) is 45.0. The van der Waals surface area contributed by atoms with E-state index in [1.54, 1.807) is 84.3 Å². The fraction of sp³-hybridized carbons (Fsp3) is 0.424. The number of piperazine rings is 2. The summed E-state index contributed by atoms with van der Waals surface area (Å²) in [5, 5.41) is 10.9. The number of halogens is 1. The quantitative estimate of drug-likeness (QED) is 0.117. The first kappa shape index (κ1) is 54.4. The number of rotatable bonds is 15. The third-order valence-corrected chi connectivity index (χ3v) is 15.2. The number of fused-ring (bicyclic) bond motifs is 1. The van der Waals surface area contributed by atoms with Crippen molar-refractivity contribution in [3.05, 3.63) is 148 Å². The van der Waals surface area contributed by atoms with Crippen molar-refractivity contribution < 1.29 is 33.1 Å². The van der Waals surface area contributed by atoms with Gasteiger partial charge in [-0.1, -0.05) is 48.5 Å². The maximum atomic E-state index is 15.2. The predicted molar refractivity (Wildman–Crippen MR) is 295 cm³/mol. The van der Waals surface area contributed by atoms with E-state index >= 15 is 4.39 Å². The summed E-state index contributed by atoms with van der Waals surface area (Å²) in [6, 6.07) is 23.3. The molecule has 0 unspecified atom stereocenters. The molecule has 4 aliphatic rings. The number of carbonyl (C=O) groups excluding carboxylic acids is 5. The van der Waals surface area contributed by atoms with Crippen molar-refractivity contribution in [3.63, 3.8) is 0 Å². The first-order valence-electron chi connectivity index (χ1n) is 27.3. The summed E-state index contributed by atoms with van der Waals surface area (Å²) in [4.78, 5) is 105. The summed E-state index contributed by atoms with van der Waals surface area (Å²) in [5.74, 6) is -0.966. The average Bonchev–Trinajstić information content (AvgIpc) is 4.35. The SMILES string of the molecule is CC(C)(C)OC(=O)N(CC(=O)Nc1cc(-c2cccc(C3CC3)c2)cnc1C(=O)N1CCC(CN2CCN(CC(=O)N3CCN(C(=O)c4cc(Cc5n[nH]c(=O)c6ccccc56)ccc4F)CC3)CC2)CC1)Cc1ccncn1. The van der Waals surface area contributed by atoms with Gasteiger partial charge in [0.1, 0.15) is 24.3 Å². The van der Waals surface area contributed by atoms with Crippen molar-refractivity contribution in [1.82, 2.24) is 54.5 Å². The van der Waals surface area contributed by atoms with Crippen molar-refractivity contribution in [3.8, 4) is 11.1 Å². The number of nitrogens with one attached hydrogen (secondary N) is 2. The second-order valence-electron chi connectivity index (χ2n) is 22.1. The number of hydrogen-bond acceptors (Lipinski definition) is 13. The largest absolute Gasteiger partial charge is 0.444 e. The fourth-order valence-corrected chi connectivity index (χ4v) is 10.7. The van der Waals surface area contributed by atoms with Crippen LogP contribution in [-0.2, 0) is 27.3 Å². The number of carbonyl (C=O) groups is 5. The minimum atomic E-state index is -0.811. The van der Waals surface area contributed by atoms with Crippen LogP contribution >= 0.6 is 0 Å². The van der Waals surface area contributed by atoms with E-state index in [-0.39, 0.29) is 67.0 Å². The molecule has 19 nitrogen and oxygen atoms in total. The lowest BCUT2D eigenvalue weighted by Gasteiger charge is -2.40. The van der Waals surface area contributed by atoms with E-state index in [1.165, 1.54) is 22.9 Å². The zero-order chi connectivity index (χ0) is 55.2. The van der Waals surface area contributed by atoms with Crippen LogP contribution in [0.25, 0.3) is 21.9 Å². The molecule has 0 spiro atoms. The predicted octanol–water partition coefficient (Wildman–Crippen LogP) is 6.21. The molecule has 3 aromatic heterocycles. The van der Waals surface area contributed by atoms with E-state index in [1.807, 2.05) is 24.3 Å². The van der Waals surface area contributed by atoms with Gasteiger partial charge in [-0.15, -0.1) is 0 Å². The van der Waals surface area contributed by atoms with Crippen LogP contribution < -0.4 is 10.9 Å². The summed E-state index contributed by atoms with van der Waals surface area (Å²) in [5.41, 5.74) is 3.98. The van der Waals surface area contributed by atoms with Crippen molar-refractivity contribution in [2.75, 3.05) is 90.4 Å². The maximum Gasteiger partial charge on any atom is 0.411 e. The van der Waals surface area contributed by atoms with Gasteiger partial charge in [0.25, 0.3) is 17.4 Å². The molecular weight excluding hydrogens is 1010 g/mol. The number of likely N-dealkylation sites (tertiary alicyclic amines) is 1. The Labute approximate surface area is 458 Å². The number of hydrogen-bond donors (Lipinski definition) is 2. The van der Waals surface area contributed by atoms with Crippen LogP contribution in [0, 0.1) is 11.7 Å². The van der Waals surface area contributed by atoms with Gasteiger partial charge >= 0.3 is 6.09 Å². The lowest BCUT2D eigenvalue weighted by molar-refractivity contribution is -0.134. The molecule has 0 atom stereocenters. The average molecular weight is 1080 g/mol. The highest BCUT2D eigenvalue weighted by molar-refractivity contribution is 6.04. The van der Waals surface area contributed by atoms with Crippen molar-refractivity contribution >= 4 is 46.2 Å². The second kappa shape index (κ2) is 24.0. The monoisotopic (exact) mass is 1070 g/mol. The molecule has 412 valence electrons. The van der Waals surface area contributed by atoms with Crippen molar-refractivity contribution in [1.29, 1.82) is 0 Å². The first-order chi connectivity index (χ1) is 38.1. The van der Waals surface area contributed by atoms with Gasteiger partial charge in [-0.25, -0.2) is 29.2 Å². The Kier molecular flexibility index (Phi) is 16.5. The van der Waals surface area contributed by atoms with Gasteiger partial charge in [0.15, 0.2) is 5.69 Å². The van der Waals surface area contributed by atoms with Gasteiger partial charge in [-0.3, -0.25) is 33.8 Å². The zero-order valence-corrected chi connectivity index (χ0v) is 45.0. The van der Waals surface area contributed by atoms with E-state index in [9.17, 15) is 28.8 Å². The maximum absolute atomic E-state index is 15.2. The van der Waals surface area contributed by atoms with E-state index in [2.05, 4.69) is 47.4 Å². The van der Waals surface area contributed by atoms with Crippen LogP contribution in [0.3, 0.4) is 0 Å². The molecule has 0 radical (unpaired) electrons. The van der Waals surface area contributed by atoms with Gasteiger partial charge in [-0.2, -0.15) is 5.10 Å². The van der Waals surface area contributed by atoms with Gasteiger partial charge in [0.2, 0.25) is 11.8 Å². The number of aromatic amines is 1. The number of benzene rings is 3. The summed E-state index contributed by atoms with van der Waals surface area (Å²) in [6.45, 7) is 11.5. The summed E-state index contributed by atoms with van der Waals surface area (Å²) >= 11 is 0. The summed E-state index contributed by atoms with van der Waals surface area (Å²) in [6.07, 6.45) is 8.12. The van der Waals surface area contributed by atoms with Crippen LogP contribution in [0.5, 0.6) is 0 Å². The highest BCUT2D eigenvalue weighted by Gasteiger charge is 2.33. The molecule has 10 rings (SSSR count). The Balaban J connectivity index is 0.700. The fourth-order valence-electron chi connectivity index (χ4n) is 10.7. The van der Waals surface area contributed by atoms with Crippen LogP contribution in [0.1, 0.15) is 95.7 Å². The summed E-state index contributed by atoms with van der Waals surface area (Å²) in [7, 11) is 0. The van der Waals surface area contributed by atoms with E-state index in [0.717, 1.165) is 69.5 Å². The molecule has 1 aliphatic carbocycles. The van der Waals surface area contributed by atoms with Gasteiger partial charge in [0.05, 0.1) is 41.1 Å². The van der Waals surface area contributed by atoms with E-state index < -0.39 is 29.3 Å². The molecule has 2 N–H and O–H groups in total. The molecule has 1 saturated carbocycles. The molecular formula is C59H67FN12O7. The topological polar surface area (TPSA) is 210 Å². The number of pyridine rings is 1. The lowest BCUT2D eigenvalue weighted by atomic mass is 9.95. The highest BCUT2D eigenvalue weighted by atomic mass is 19.1.